The van der Waals surface area contributed by atoms with Crippen LogP contribution in [0.25, 0.3) is 0 Å². The average molecular weight is 390 g/mol. The molecule has 0 unspecified atom stereocenters. The lowest BCUT2D eigenvalue weighted by Crippen LogP contribution is -2.30. The van der Waals surface area contributed by atoms with Crippen LogP contribution in [0.4, 0.5) is 24.7 Å². The molecule has 11 heteroatoms. The van der Waals surface area contributed by atoms with Gasteiger partial charge in [0.2, 0.25) is 0 Å². The van der Waals surface area contributed by atoms with Crippen LogP contribution in [0.5, 0.6) is 5.75 Å². The number of carbonyl (C=O) groups excluding carboxylic acids is 1. The van der Waals surface area contributed by atoms with Gasteiger partial charge in [0, 0.05) is 12.3 Å². The maximum absolute atomic E-state index is 12.6. The van der Waals surface area contributed by atoms with E-state index < -0.39 is 33.7 Å². The molecule has 0 spiro atoms. The fraction of sp³-hybridized carbons (Fsp3) is 0.200. The summed E-state index contributed by atoms with van der Waals surface area (Å²) in [5.41, 5.74) is -1.40. The van der Waals surface area contributed by atoms with E-state index in [4.69, 9.17) is 16.3 Å². The maximum atomic E-state index is 12.6. The van der Waals surface area contributed by atoms with Crippen LogP contribution in [0.2, 0.25) is 5.02 Å². The van der Waals surface area contributed by atoms with Crippen LogP contribution in [0.15, 0.2) is 36.5 Å². The molecule has 7 nitrogen and oxygen atoms in total. The minimum Gasteiger partial charge on any atom is -0.474 e. The van der Waals surface area contributed by atoms with Crippen LogP contribution in [0.1, 0.15) is 12.5 Å². The standard InChI is InChI=1S/C15H11ClF3N3O4/c1-8(26-12-5-3-2-4-11(12)22(24)25)14(23)21-13-10(16)6-9(7-20-13)15(17,18)19/h2-8H,1H3,(H,20,21,23)/t8-/m1/s1. The number of halogens is 4. The van der Waals surface area contributed by atoms with Crippen molar-refractivity contribution in [1.82, 2.24) is 4.98 Å². The molecule has 0 aliphatic rings. The Labute approximate surface area is 149 Å². The number of nitrogens with zero attached hydrogens (tertiary/aromatic N) is 2. The fourth-order valence-corrected chi connectivity index (χ4v) is 2.07. The molecule has 1 heterocycles. The number of nitrogens with one attached hydrogen (secondary N) is 1. The summed E-state index contributed by atoms with van der Waals surface area (Å²) in [7, 11) is 0. The maximum Gasteiger partial charge on any atom is 0.417 e. The van der Waals surface area contributed by atoms with E-state index in [9.17, 15) is 28.1 Å². The summed E-state index contributed by atoms with van der Waals surface area (Å²) in [5.74, 6) is -1.22. The summed E-state index contributed by atoms with van der Waals surface area (Å²) in [5, 5.41) is 12.7. The molecule has 1 amide bonds. The Bertz CT molecular complexity index is 845. The molecular formula is C15H11ClF3N3O4. The summed E-state index contributed by atoms with van der Waals surface area (Å²) >= 11 is 5.70. The van der Waals surface area contributed by atoms with E-state index in [1.165, 1.54) is 31.2 Å². The summed E-state index contributed by atoms with van der Waals surface area (Å²) in [6.45, 7) is 1.31. The molecule has 2 aromatic rings. The van der Waals surface area contributed by atoms with Crippen molar-refractivity contribution < 1.29 is 27.6 Å². The number of hydrogen-bond donors (Lipinski definition) is 1. The van der Waals surface area contributed by atoms with Crippen LogP contribution >= 0.6 is 11.6 Å². The Morgan fingerprint density at radius 3 is 2.62 bits per heavy atom. The zero-order valence-electron chi connectivity index (χ0n) is 13.1. The molecule has 0 saturated carbocycles. The zero-order valence-corrected chi connectivity index (χ0v) is 13.8. The summed E-state index contributed by atoms with van der Waals surface area (Å²) in [6.07, 6.45) is -5.30. The number of pyridine rings is 1. The molecule has 1 atom stereocenters. The number of ether oxygens (including phenoxy) is 1. The van der Waals surface area contributed by atoms with E-state index in [-0.39, 0.29) is 17.3 Å². The minimum atomic E-state index is -4.62. The van der Waals surface area contributed by atoms with Crippen LogP contribution < -0.4 is 10.1 Å². The highest BCUT2D eigenvalue weighted by atomic mass is 35.5. The smallest absolute Gasteiger partial charge is 0.417 e. The molecule has 0 aliphatic heterocycles. The Morgan fingerprint density at radius 2 is 2.04 bits per heavy atom. The fourth-order valence-electron chi connectivity index (χ4n) is 1.85. The van der Waals surface area contributed by atoms with Gasteiger partial charge >= 0.3 is 11.9 Å². The van der Waals surface area contributed by atoms with Gasteiger partial charge in [-0.05, 0) is 19.1 Å². The Balaban J connectivity index is 2.12. The lowest BCUT2D eigenvalue weighted by atomic mass is 10.2. The van der Waals surface area contributed by atoms with E-state index >= 15 is 0 Å². The van der Waals surface area contributed by atoms with Gasteiger partial charge in [-0.25, -0.2) is 4.98 Å². The number of para-hydroxylation sites is 2. The predicted octanol–water partition coefficient (Wildman–Crippen LogP) is 4.07. The first-order valence-corrected chi connectivity index (χ1v) is 7.41. The number of alkyl halides is 3. The molecule has 2 rings (SSSR count). The van der Waals surface area contributed by atoms with Gasteiger partial charge in [0.05, 0.1) is 15.5 Å². The van der Waals surface area contributed by atoms with Crippen molar-refractivity contribution in [2.45, 2.75) is 19.2 Å². The third kappa shape index (κ3) is 4.60. The summed E-state index contributed by atoms with van der Waals surface area (Å²) in [4.78, 5) is 25.8. The van der Waals surface area contributed by atoms with Gasteiger partial charge in [0.25, 0.3) is 5.91 Å². The number of carbonyl (C=O) groups is 1. The van der Waals surface area contributed by atoms with Crippen molar-refractivity contribution >= 4 is 29.0 Å². The quantitative estimate of drug-likeness (QED) is 0.614. The van der Waals surface area contributed by atoms with Crippen molar-refractivity contribution in [3.8, 4) is 5.75 Å². The highest BCUT2D eigenvalue weighted by molar-refractivity contribution is 6.33. The van der Waals surface area contributed by atoms with E-state index in [0.717, 1.165) is 0 Å². The highest BCUT2D eigenvalue weighted by Gasteiger charge is 2.32. The lowest BCUT2D eigenvalue weighted by molar-refractivity contribution is -0.386. The number of amides is 1. The van der Waals surface area contributed by atoms with Gasteiger partial charge in [-0.1, -0.05) is 23.7 Å². The summed E-state index contributed by atoms with van der Waals surface area (Å²) < 4.78 is 43.0. The van der Waals surface area contributed by atoms with E-state index in [1.54, 1.807) is 0 Å². The lowest BCUT2D eigenvalue weighted by Gasteiger charge is -2.15. The first kappa shape index (κ1) is 19.4. The van der Waals surface area contributed by atoms with Gasteiger partial charge in [-0.15, -0.1) is 0 Å². The first-order valence-electron chi connectivity index (χ1n) is 7.03. The highest BCUT2D eigenvalue weighted by Crippen LogP contribution is 2.32. The average Bonchev–Trinajstić information content (AvgIpc) is 2.55. The minimum absolute atomic E-state index is 0.133. The van der Waals surface area contributed by atoms with Gasteiger partial charge in [0.1, 0.15) is 0 Å². The SMILES string of the molecule is C[C@@H](Oc1ccccc1[N+](=O)[O-])C(=O)Nc1ncc(C(F)(F)F)cc1Cl. The molecule has 0 saturated heterocycles. The second-order valence-corrected chi connectivity index (χ2v) is 5.43. The predicted molar refractivity (Wildman–Crippen MR) is 86.1 cm³/mol. The monoisotopic (exact) mass is 389 g/mol. The Kier molecular flexibility index (Phi) is 5.66. The van der Waals surface area contributed by atoms with E-state index in [0.29, 0.717) is 12.3 Å². The summed E-state index contributed by atoms with van der Waals surface area (Å²) in [6, 6.07) is 6.06. The number of aromatic nitrogens is 1. The number of rotatable bonds is 5. The number of nitro groups is 1. The molecule has 26 heavy (non-hydrogen) atoms. The number of benzene rings is 1. The van der Waals surface area contributed by atoms with Gasteiger partial charge < -0.3 is 10.1 Å². The van der Waals surface area contributed by atoms with Gasteiger partial charge in [-0.2, -0.15) is 13.2 Å². The van der Waals surface area contributed by atoms with E-state index in [2.05, 4.69) is 10.3 Å². The third-order valence-electron chi connectivity index (χ3n) is 3.15. The van der Waals surface area contributed by atoms with Crippen molar-refractivity contribution in [3.63, 3.8) is 0 Å². The second-order valence-electron chi connectivity index (χ2n) is 5.03. The second kappa shape index (κ2) is 7.56. The molecule has 0 fully saturated rings. The Morgan fingerprint density at radius 1 is 1.38 bits per heavy atom. The molecule has 0 bridgehead atoms. The first-order chi connectivity index (χ1) is 12.1. The van der Waals surface area contributed by atoms with Crippen LogP contribution in [0.3, 0.4) is 0 Å². The van der Waals surface area contributed by atoms with Crippen LogP contribution in [-0.2, 0) is 11.0 Å². The molecule has 0 aliphatic carbocycles. The topological polar surface area (TPSA) is 94.4 Å². The number of anilines is 1. The van der Waals surface area contributed by atoms with Crippen molar-refractivity contribution in [3.05, 3.63) is 57.2 Å². The number of nitro benzene ring substituents is 1. The van der Waals surface area contributed by atoms with Crippen molar-refractivity contribution in [1.29, 1.82) is 0 Å². The van der Waals surface area contributed by atoms with E-state index in [1.807, 2.05) is 0 Å². The normalized spacial score (nSPS) is 12.3. The molecular weight excluding hydrogens is 379 g/mol. The zero-order chi connectivity index (χ0) is 19.5. The molecule has 1 N–H and O–H groups in total. The molecule has 0 radical (unpaired) electrons. The van der Waals surface area contributed by atoms with Crippen molar-refractivity contribution in [2.24, 2.45) is 0 Å². The van der Waals surface area contributed by atoms with Crippen molar-refractivity contribution in [2.75, 3.05) is 5.32 Å². The number of hydrogen-bond acceptors (Lipinski definition) is 5. The molecule has 1 aromatic heterocycles. The van der Waals surface area contributed by atoms with Gasteiger partial charge in [0.15, 0.2) is 17.7 Å². The van der Waals surface area contributed by atoms with Gasteiger partial charge in [-0.3, -0.25) is 14.9 Å². The molecule has 138 valence electrons. The van der Waals surface area contributed by atoms with Crippen LogP contribution in [-0.4, -0.2) is 21.9 Å². The largest absolute Gasteiger partial charge is 0.474 e. The molecule has 1 aromatic carbocycles. The third-order valence-corrected chi connectivity index (χ3v) is 3.43. The Hall–Kier alpha value is -2.88. The van der Waals surface area contributed by atoms with Crippen LogP contribution in [0, 0.1) is 10.1 Å².